The SMILES string of the molecule is Cc1ccc(C)c(C(NN)c2csc(C)c2)c1. The van der Waals surface area contributed by atoms with E-state index < -0.39 is 0 Å². The standard InChI is InChI=1S/C14H18N2S/c1-9-4-5-10(2)13(6-9)14(16-15)12-7-11(3)17-8-12/h4-8,14,16H,15H2,1-3H3. The third-order valence-corrected chi connectivity index (χ3v) is 3.88. The molecule has 0 radical (unpaired) electrons. The Bertz CT molecular complexity index is 517. The van der Waals surface area contributed by atoms with Crippen LogP contribution in [-0.2, 0) is 0 Å². The molecule has 0 aliphatic carbocycles. The van der Waals surface area contributed by atoms with Crippen LogP contribution in [-0.4, -0.2) is 0 Å². The quantitative estimate of drug-likeness (QED) is 0.644. The topological polar surface area (TPSA) is 38.0 Å². The van der Waals surface area contributed by atoms with Crippen LogP contribution in [0.15, 0.2) is 29.6 Å². The van der Waals surface area contributed by atoms with Crippen LogP contribution in [0.2, 0.25) is 0 Å². The van der Waals surface area contributed by atoms with Crippen molar-refractivity contribution in [2.45, 2.75) is 26.8 Å². The summed E-state index contributed by atoms with van der Waals surface area (Å²) in [5.74, 6) is 5.72. The highest BCUT2D eigenvalue weighted by atomic mass is 32.1. The molecule has 1 heterocycles. The van der Waals surface area contributed by atoms with Gasteiger partial charge in [0.25, 0.3) is 0 Å². The summed E-state index contributed by atoms with van der Waals surface area (Å²) in [5.41, 5.74) is 7.95. The minimum absolute atomic E-state index is 0.0832. The van der Waals surface area contributed by atoms with Gasteiger partial charge in [-0.1, -0.05) is 23.8 Å². The maximum Gasteiger partial charge on any atom is 0.0720 e. The van der Waals surface area contributed by atoms with Crippen LogP contribution >= 0.6 is 11.3 Å². The third kappa shape index (κ3) is 2.57. The minimum atomic E-state index is 0.0832. The van der Waals surface area contributed by atoms with Crippen LogP contribution in [0, 0.1) is 20.8 Å². The zero-order valence-corrected chi connectivity index (χ0v) is 11.3. The molecule has 0 saturated carbocycles. The summed E-state index contributed by atoms with van der Waals surface area (Å²) < 4.78 is 0. The molecule has 90 valence electrons. The van der Waals surface area contributed by atoms with E-state index in [1.54, 1.807) is 11.3 Å². The van der Waals surface area contributed by atoms with Gasteiger partial charge in [0.2, 0.25) is 0 Å². The average molecular weight is 246 g/mol. The Balaban J connectivity index is 2.45. The first kappa shape index (κ1) is 12.3. The number of nitrogens with one attached hydrogen (secondary N) is 1. The number of thiophene rings is 1. The number of rotatable bonds is 3. The van der Waals surface area contributed by atoms with Crippen LogP contribution in [0.4, 0.5) is 0 Å². The van der Waals surface area contributed by atoms with Gasteiger partial charge in [-0.25, -0.2) is 5.43 Å². The highest BCUT2D eigenvalue weighted by molar-refractivity contribution is 7.10. The lowest BCUT2D eigenvalue weighted by Crippen LogP contribution is -2.29. The number of hydrogen-bond acceptors (Lipinski definition) is 3. The van der Waals surface area contributed by atoms with Crippen molar-refractivity contribution >= 4 is 11.3 Å². The maximum absolute atomic E-state index is 5.72. The summed E-state index contributed by atoms with van der Waals surface area (Å²) in [6.07, 6.45) is 0. The van der Waals surface area contributed by atoms with E-state index in [9.17, 15) is 0 Å². The third-order valence-electron chi connectivity index (χ3n) is 3.00. The second kappa shape index (κ2) is 5.00. The Hall–Kier alpha value is -1.16. The fraction of sp³-hybridized carbons (Fsp3) is 0.286. The predicted octanol–water partition coefficient (Wildman–Crippen LogP) is 3.23. The van der Waals surface area contributed by atoms with Crippen molar-refractivity contribution in [1.82, 2.24) is 5.43 Å². The van der Waals surface area contributed by atoms with E-state index in [4.69, 9.17) is 5.84 Å². The van der Waals surface area contributed by atoms with Gasteiger partial charge in [0.1, 0.15) is 0 Å². The Morgan fingerprint density at radius 1 is 1.18 bits per heavy atom. The summed E-state index contributed by atoms with van der Waals surface area (Å²) in [4.78, 5) is 1.31. The van der Waals surface area contributed by atoms with Crippen molar-refractivity contribution in [3.05, 3.63) is 56.8 Å². The van der Waals surface area contributed by atoms with Crippen LogP contribution in [0.1, 0.15) is 33.2 Å². The van der Waals surface area contributed by atoms with E-state index in [-0.39, 0.29) is 6.04 Å². The summed E-state index contributed by atoms with van der Waals surface area (Å²) in [6.45, 7) is 6.35. The molecule has 1 aromatic carbocycles. The van der Waals surface area contributed by atoms with Gasteiger partial charge < -0.3 is 0 Å². The molecule has 0 spiro atoms. The maximum atomic E-state index is 5.72. The molecule has 0 saturated heterocycles. The van der Waals surface area contributed by atoms with Gasteiger partial charge in [-0.3, -0.25) is 5.84 Å². The van der Waals surface area contributed by atoms with E-state index >= 15 is 0 Å². The lowest BCUT2D eigenvalue weighted by Gasteiger charge is -2.18. The zero-order chi connectivity index (χ0) is 12.4. The van der Waals surface area contributed by atoms with Crippen LogP contribution in [0.25, 0.3) is 0 Å². The highest BCUT2D eigenvalue weighted by Crippen LogP contribution is 2.28. The molecular formula is C14H18N2S. The van der Waals surface area contributed by atoms with Crippen LogP contribution in [0.3, 0.4) is 0 Å². The molecule has 17 heavy (non-hydrogen) atoms. The summed E-state index contributed by atoms with van der Waals surface area (Å²) in [6, 6.07) is 8.75. The first-order valence-electron chi connectivity index (χ1n) is 5.70. The number of nitrogens with two attached hydrogens (primary N) is 1. The molecule has 3 N–H and O–H groups in total. The molecule has 1 atom stereocenters. The van der Waals surface area contributed by atoms with Gasteiger partial charge >= 0.3 is 0 Å². The Morgan fingerprint density at radius 3 is 2.53 bits per heavy atom. The van der Waals surface area contributed by atoms with Crippen LogP contribution in [0.5, 0.6) is 0 Å². The van der Waals surface area contributed by atoms with Crippen molar-refractivity contribution < 1.29 is 0 Å². The van der Waals surface area contributed by atoms with Gasteiger partial charge in [-0.2, -0.15) is 0 Å². The van der Waals surface area contributed by atoms with Crippen molar-refractivity contribution in [2.24, 2.45) is 5.84 Å². The normalized spacial score (nSPS) is 12.7. The molecular weight excluding hydrogens is 228 g/mol. The smallest absolute Gasteiger partial charge is 0.0720 e. The van der Waals surface area contributed by atoms with Crippen molar-refractivity contribution in [2.75, 3.05) is 0 Å². The van der Waals surface area contributed by atoms with Gasteiger partial charge in [-0.15, -0.1) is 11.3 Å². The monoisotopic (exact) mass is 246 g/mol. The predicted molar refractivity (Wildman–Crippen MR) is 74.1 cm³/mol. The van der Waals surface area contributed by atoms with E-state index in [1.165, 1.54) is 27.1 Å². The van der Waals surface area contributed by atoms with E-state index in [0.717, 1.165) is 0 Å². The molecule has 2 nitrogen and oxygen atoms in total. The van der Waals surface area contributed by atoms with Crippen LogP contribution < -0.4 is 11.3 Å². The molecule has 0 aliphatic heterocycles. The zero-order valence-electron chi connectivity index (χ0n) is 10.4. The number of benzene rings is 1. The fourth-order valence-corrected chi connectivity index (χ4v) is 2.78. The second-order valence-electron chi connectivity index (χ2n) is 4.45. The number of aryl methyl sites for hydroxylation is 3. The molecule has 3 heteroatoms. The highest BCUT2D eigenvalue weighted by Gasteiger charge is 2.15. The molecule has 2 aromatic rings. The lowest BCUT2D eigenvalue weighted by atomic mass is 9.95. The number of hydrazine groups is 1. The molecule has 0 fully saturated rings. The molecule has 2 rings (SSSR count). The van der Waals surface area contributed by atoms with E-state index in [0.29, 0.717) is 0 Å². The first-order valence-corrected chi connectivity index (χ1v) is 6.58. The molecule has 1 unspecified atom stereocenters. The minimum Gasteiger partial charge on any atom is -0.271 e. The largest absolute Gasteiger partial charge is 0.271 e. The molecule has 0 bridgehead atoms. The second-order valence-corrected chi connectivity index (χ2v) is 5.57. The van der Waals surface area contributed by atoms with Crippen molar-refractivity contribution in [3.63, 3.8) is 0 Å². The van der Waals surface area contributed by atoms with Gasteiger partial charge in [0, 0.05) is 4.88 Å². The van der Waals surface area contributed by atoms with Gasteiger partial charge in [-0.05, 0) is 48.9 Å². The fourth-order valence-electron chi connectivity index (χ4n) is 2.05. The summed E-state index contributed by atoms with van der Waals surface area (Å²) in [7, 11) is 0. The van der Waals surface area contributed by atoms with Gasteiger partial charge in [0.05, 0.1) is 6.04 Å². The number of hydrogen-bond donors (Lipinski definition) is 2. The van der Waals surface area contributed by atoms with Crippen molar-refractivity contribution in [1.29, 1.82) is 0 Å². The molecule has 1 aromatic heterocycles. The Labute approximate surface area is 106 Å². The summed E-state index contributed by atoms with van der Waals surface area (Å²) in [5, 5.41) is 2.17. The van der Waals surface area contributed by atoms with Gasteiger partial charge in [0.15, 0.2) is 0 Å². The molecule has 0 aliphatic rings. The Kier molecular flexibility index (Phi) is 3.62. The van der Waals surface area contributed by atoms with Crippen molar-refractivity contribution in [3.8, 4) is 0 Å². The lowest BCUT2D eigenvalue weighted by molar-refractivity contribution is 0.635. The Morgan fingerprint density at radius 2 is 1.94 bits per heavy atom. The molecule has 0 amide bonds. The van der Waals surface area contributed by atoms with E-state index in [2.05, 4.69) is 55.8 Å². The van der Waals surface area contributed by atoms with E-state index in [1.807, 2.05) is 0 Å². The summed E-state index contributed by atoms with van der Waals surface area (Å²) >= 11 is 1.76. The first-order chi connectivity index (χ1) is 8.11. The average Bonchev–Trinajstić information content (AvgIpc) is 2.71.